The zero-order valence-corrected chi connectivity index (χ0v) is 11.3. The molecule has 1 aliphatic heterocycles. The van der Waals surface area contributed by atoms with Crippen LogP contribution in [0.5, 0.6) is 5.88 Å². The molecular weight excluding hydrogens is 255 g/mol. The summed E-state index contributed by atoms with van der Waals surface area (Å²) in [5.74, 6) is 0.379. The summed E-state index contributed by atoms with van der Waals surface area (Å²) in [4.78, 5) is 10.0. The Bertz CT molecular complexity index is 548. The minimum atomic E-state index is -0.230. The Morgan fingerprint density at radius 1 is 0.900 bits per heavy atom. The first kappa shape index (κ1) is 13.1. The fourth-order valence-electron chi connectivity index (χ4n) is 2.34. The van der Waals surface area contributed by atoms with Crippen LogP contribution in [0, 0.1) is 5.82 Å². The lowest BCUT2D eigenvalue weighted by atomic mass is 10.1. The average molecular weight is 272 g/mol. The van der Waals surface area contributed by atoms with E-state index in [0.29, 0.717) is 5.88 Å². The summed E-state index contributed by atoms with van der Waals surface area (Å²) in [5.41, 5.74) is 1.90. The molecule has 0 spiro atoms. The Kier molecular flexibility index (Phi) is 3.92. The average Bonchev–Trinajstić information content (AvgIpc) is 2.50. The van der Waals surface area contributed by atoms with Crippen LogP contribution in [0.1, 0.15) is 19.3 Å². The minimum absolute atomic E-state index is 0.230. The maximum atomic E-state index is 12.9. The Morgan fingerprint density at radius 3 is 2.25 bits per heavy atom. The third kappa shape index (κ3) is 3.14. The number of nitrogens with zero attached hydrogens (tertiary/aromatic N) is 2. The number of hydroxylamine groups is 2. The Hall–Kier alpha value is -1.94. The molecule has 1 fully saturated rings. The molecule has 0 atom stereocenters. The molecule has 1 aromatic heterocycles. The van der Waals surface area contributed by atoms with E-state index in [1.807, 2.05) is 17.2 Å². The molecule has 0 saturated carbocycles. The molecule has 1 saturated heterocycles. The largest absolute Gasteiger partial charge is 0.386 e. The van der Waals surface area contributed by atoms with Crippen molar-refractivity contribution in [2.24, 2.45) is 0 Å². The lowest BCUT2D eigenvalue weighted by Gasteiger charge is -2.25. The van der Waals surface area contributed by atoms with E-state index in [4.69, 9.17) is 4.84 Å². The molecule has 0 bridgehead atoms. The first-order valence-electron chi connectivity index (χ1n) is 6.96. The number of hydrogen-bond donors (Lipinski definition) is 0. The van der Waals surface area contributed by atoms with Crippen molar-refractivity contribution in [3.8, 4) is 17.0 Å². The van der Waals surface area contributed by atoms with Gasteiger partial charge in [0, 0.05) is 30.9 Å². The van der Waals surface area contributed by atoms with Crippen molar-refractivity contribution < 1.29 is 9.23 Å². The quantitative estimate of drug-likeness (QED) is 0.852. The zero-order chi connectivity index (χ0) is 13.8. The van der Waals surface area contributed by atoms with E-state index in [0.717, 1.165) is 24.2 Å². The molecule has 0 radical (unpaired) electrons. The number of benzene rings is 1. The summed E-state index contributed by atoms with van der Waals surface area (Å²) in [6, 6.07) is 10.2. The number of pyridine rings is 1. The Labute approximate surface area is 118 Å². The van der Waals surface area contributed by atoms with Gasteiger partial charge in [-0.3, -0.25) is 0 Å². The van der Waals surface area contributed by atoms with E-state index < -0.39 is 0 Å². The van der Waals surface area contributed by atoms with E-state index in [-0.39, 0.29) is 5.82 Å². The number of piperidine rings is 1. The highest BCUT2D eigenvalue weighted by Crippen LogP contribution is 2.21. The van der Waals surface area contributed by atoms with Gasteiger partial charge in [0.15, 0.2) is 0 Å². The van der Waals surface area contributed by atoms with Gasteiger partial charge in [-0.15, -0.1) is 5.06 Å². The molecule has 1 aromatic carbocycles. The predicted molar refractivity (Wildman–Crippen MR) is 75.7 cm³/mol. The number of rotatable bonds is 3. The third-order valence-corrected chi connectivity index (χ3v) is 3.45. The molecule has 3 rings (SSSR count). The molecule has 0 aliphatic carbocycles. The van der Waals surface area contributed by atoms with Crippen LogP contribution in [0.25, 0.3) is 11.1 Å². The van der Waals surface area contributed by atoms with E-state index in [2.05, 4.69) is 4.98 Å². The number of aromatic nitrogens is 1. The predicted octanol–water partition coefficient (Wildman–Crippen LogP) is 3.67. The van der Waals surface area contributed by atoms with E-state index in [1.54, 1.807) is 18.3 Å². The molecule has 1 aliphatic rings. The third-order valence-electron chi connectivity index (χ3n) is 3.45. The maximum Gasteiger partial charge on any atom is 0.238 e. The molecule has 4 heteroatoms. The first-order chi connectivity index (χ1) is 9.81. The van der Waals surface area contributed by atoms with E-state index in [1.165, 1.54) is 31.4 Å². The number of hydrogen-bond acceptors (Lipinski definition) is 3. The van der Waals surface area contributed by atoms with Gasteiger partial charge in [0.2, 0.25) is 5.88 Å². The molecular formula is C16H17FN2O. The van der Waals surface area contributed by atoms with Crippen LogP contribution in [0.3, 0.4) is 0 Å². The van der Waals surface area contributed by atoms with Crippen LogP contribution in [0.2, 0.25) is 0 Å². The second kappa shape index (κ2) is 6.01. The molecule has 20 heavy (non-hydrogen) atoms. The lowest BCUT2D eigenvalue weighted by molar-refractivity contribution is -0.0757. The first-order valence-corrected chi connectivity index (χ1v) is 6.96. The van der Waals surface area contributed by atoms with Crippen LogP contribution in [0.4, 0.5) is 4.39 Å². The Morgan fingerprint density at radius 2 is 1.60 bits per heavy atom. The summed E-state index contributed by atoms with van der Waals surface area (Å²) in [5, 5.41) is 1.96. The van der Waals surface area contributed by atoms with Crippen LogP contribution >= 0.6 is 0 Å². The van der Waals surface area contributed by atoms with Crippen LogP contribution in [0.15, 0.2) is 42.6 Å². The van der Waals surface area contributed by atoms with Gasteiger partial charge in [0.05, 0.1) is 0 Å². The zero-order valence-electron chi connectivity index (χ0n) is 11.3. The van der Waals surface area contributed by atoms with E-state index in [9.17, 15) is 4.39 Å². The SMILES string of the molecule is Fc1ccc(-c2ccc(ON3CCCCC3)nc2)cc1. The molecule has 2 aromatic rings. The molecule has 104 valence electrons. The second-order valence-electron chi connectivity index (χ2n) is 4.97. The van der Waals surface area contributed by atoms with Crippen molar-refractivity contribution in [1.82, 2.24) is 10.0 Å². The van der Waals surface area contributed by atoms with Crippen molar-refractivity contribution >= 4 is 0 Å². The van der Waals surface area contributed by atoms with Crippen molar-refractivity contribution in [2.75, 3.05) is 13.1 Å². The lowest BCUT2D eigenvalue weighted by Crippen LogP contribution is -2.33. The van der Waals surface area contributed by atoms with Gasteiger partial charge >= 0.3 is 0 Å². The Balaban J connectivity index is 1.69. The van der Waals surface area contributed by atoms with Crippen LogP contribution in [-0.4, -0.2) is 23.1 Å². The summed E-state index contributed by atoms with van der Waals surface area (Å²) >= 11 is 0. The van der Waals surface area contributed by atoms with Crippen molar-refractivity contribution in [3.63, 3.8) is 0 Å². The minimum Gasteiger partial charge on any atom is -0.386 e. The molecule has 0 N–H and O–H groups in total. The van der Waals surface area contributed by atoms with Crippen LogP contribution < -0.4 is 4.84 Å². The summed E-state index contributed by atoms with van der Waals surface area (Å²) < 4.78 is 12.9. The van der Waals surface area contributed by atoms with Crippen molar-refractivity contribution in [3.05, 3.63) is 48.4 Å². The standard InChI is InChI=1S/C16H17FN2O/c17-15-7-4-13(5-8-15)14-6-9-16(18-12-14)20-19-10-2-1-3-11-19/h4-9,12H,1-3,10-11H2. The second-order valence-corrected chi connectivity index (χ2v) is 4.97. The fraction of sp³-hybridized carbons (Fsp3) is 0.312. The van der Waals surface area contributed by atoms with Gasteiger partial charge in [-0.25, -0.2) is 9.37 Å². The summed E-state index contributed by atoms with van der Waals surface area (Å²) in [7, 11) is 0. The highest BCUT2D eigenvalue weighted by molar-refractivity contribution is 5.62. The highest BCUT2D eigenvalue weighted by Gasteiger charge is 2.12. The van der Waals surface area contributed by atoms with Crippen molar-refractivity contribution in [1.29, 1.82) is 0 Å². The fourth-order valence-corrected chi connectivity index (χ4v) is 2.34. The molecule has 3 nitrogen and oxygen atoms in total. The van der Waals surface area contributed by atoms with Gasteiger partial charge in [-0.05, 0) is 36.6 Å². The monoisotopic (exact) mass is 272 g/mol. The van der Waals surface area contributed by atoms with Gasteiger partial charge in [0.1, 0.15) is 5.82 Å². The molecule has 2 heterocycles. The van der Waals surface area contributed by atoms with Crippen molar-refractivity contribution in [2.45, 2.75) is 19.3 Å². The molecule has 0 amide bonds. The summed E-state index contributed by atoms with van der Waals surface area (Å²) in [6.45, 7) is 1.92. The van der Waals surface area contributed by atoms with Gasteiger partial charge in [-0.2, -0.15) is 0 Å². The highest BCUT2D eigenvalue weighted by atomic mass is 19.1. The summed E-state index contributed by atoms with van der Waals surface area (Å²) in [6.07, 6.45) is 5.38. The maximum absolute atomic E-state index is 12.9. The van der Waals surface area contributed by atoms with Gasteiger partial charge < -0.3 is 4.84 Å². The van der Waals surface area contributed by atoms with E-state index >= 15 is 0 Å². The normalized spacial score (nSPS) is 16.1. The molecule has 0 unspecified atom stereocenters. The van der Waals surface area contributed by atoms with Gasteiger partial charge in [0.25, 0.3) is 0 Å². The smallest absolute Gasteiger partial charge is 0.238 e. The van der Waals surface area contributed by atoms with Crippen LogP contribution in [-0.2, 0) is 0 Å². The number of halogens is 1. The van der Waals surface area contributed by atoms with Gasteiger partial charge in [-0.1, -0.05) is 18.6 Å². The topological polar surface area (TPSA) is 25.4 Å².